The molecule has 16 heavy (non-hydrogen) atoms. The van der Waals surface area contributed by atoms with Gasteiger partial charge in [-0.25, -0.2) is 0 Å². The van der Waals surface area contributed by atoms with Crippen LogP contribution in [0.15, 0.2) is 24.3 Å². The highest BCUT2D eigenvalue weighted by Crippen LogP contribution is 2.08. The molecule has 0 aliphatic carbocycles. The maximum atomic E-state index is 11.3. The lowest BCUT2D eigenvalue weighted by molar-refractivity contribution is -0.125. The molecule has 1 aliphatic rings. The minimum atomic E-state index is -0.382. The largest absolute Gasteiger partial charge is 0.301 e. The van der Waals surface area contributed by atoms with Crippen molar-refractivity contribution in [1.29, 1.82) is 0 Å². The van der Waals surface area contributed by atoms with Crippen molar-refractivity contribution >= 4 is 11.8 Å². The number of amides is 2. The first-order chi connectivity index (χ1) is 7.66. The molecule has 84 valence electrons. The molecule has 2 rings (SSSR count). The quantitative estimate of drug-likeness (QED) is 0.726. The summed E-state index contributed by atoms with van der Waals surface area (Å²) in [5.74, 6) is -0.425. The fourth-order valence-corrected chi connectivity index (χ4v) is 1.76. The zero-order valence-corrected chi connectivity index (χ0v) is 9.12. The molecule has 1 aromatic carbocycles. The Balaban J connectivity index is 1.95. The van der Waals surface area contributed by atoms with Gasteiger partial charge >= 0.3 is 0 Å². The Morgan fingerprint density at radius 2 is 2.12 bits per heavy atom. The first-order valence-corrected chi connectivity index (χ1v) is 5.28. The van der Waals surface area contributed by atoms with Crippen LogP contribution in [-0.4, -0.2) is 17.9 Å². The number of carbonyl (C=O) groups is 2. The maximum Gasteiger partial charge on any atom is 0.244 e. The van der Waals surface area contributed by atoms with E-state index in [0.717, 1.165) is 5.56 Å². The van der Waals surface area contributed by atoms with E-state index >= 15 is 0 Å². The SMILES string of the molecule is Cc1ccccc1CNC1CC(=O)NC1=O. The number of carbonyl (C=O) groups excluding carboxylic acids is 2. The van der Waals surface area contributed by atoms with Gasteiger partial charge in [-0.3, -0.25) is 14.9 Å². The first kappa shape index (κ1) is 10.8. The van der Waals surface area contributed by atoms with Gasteiger partial charge in [-0.05, 0) is 18.1 Å². The standard InChI is InChI=1S/C12H14N2O2/c1-8-4-2-3-5-9(8)7-13-10-6-11(15)14-12(10)16/h2-5,10,13H,6-7H2,1H3,(H,14,15,16). The van der Waals surface area contributed by atoms with E-state index in [2.05, 4.69) is 10.6 Å². The van der Waals surface area contributed by atoms with Crippen molar-refractivity contribution in [1.82, 2.24) is 10.6 Å². The van der Waals surface area contributed by atoms with Gasteiger partial charge < -0.3 is 5.32 Å². The third kappa shape index (κ3) is 2.28. The van der Waals surface area contributed by atoms with Crippen molar-refractivity contribution in [3.8, 4) is 0 Å². The Labute approximate surface area is 94.0 Å². The average Bonchev–Trinajstić information content (AvgIpc) is 2.56. The molecule has 1 heterocycles. The summed E-state index contributed by atoms with van der Waals surface area (Å²) in [4.78, 5) is 22.3. The predicted octanol–water partition coefficient (Wildman–Crippen LogP) is 0.500. The van der Waals surface area contributed by atoms with E-state index < -0.39 is 0 Å². The van der Waals surface area contributed by atoms with E-state index in [9.17, 15) is 9.59 Å². The molecular formula is C12H14N2O2. The molecule has 1 aliphatic heterocycles. The molecule has 2 amide bonds. The van der Waals surface area contributed by atoms with Crippen LogP contribution in [0.25, 0.3) is 0 Å². The summed E-state index contributed by atoms with van der Waals surface area (Å²) in [6, 6.07) is 7.59. The summed E-state index contributed by atoms with van der Waals surface area (Å²) >= 11 is 0. The Morgan fingerprint density at radius 1 is 1.38 bits per heavy atom. The van der Waals surface area contributed by atoms with Crippen LogP contribution >= 0.6 is 0 Å². The fourth-order valence-electron chi connectivity index (χ4n) is 1.76. The molecule has 2 N–H and O–H groups in total. The monoisotopic (exact) mass is 218 g/mol. The highest BCUT2D eigenvalue weighted by Gasteiger charge is 2.29. The number of hydrogen-bond acceptors (Lipinski definition) is 3. The normalized spacial score (nSPS) is 19.9. The highest BCUT2D eigenvalue weighted by atomic mass is 16.2. The second-order valence-corrected chi connectivity index (χ2v) is 3.98. The van der Waals surface area contributed by atoms with Crippen LogP contribution in [0.5, 0.6) is 0 Å². The van der Waals surface area contributed by atoms with Crippen LogP contribution in [0.2, 0.25) is 0 Å². The van der Waals surface area contributed by atoms with E-state index in [1.807, 2.05) is 31.2 Å². The lowest BCUT2D eigenvalue weighted by atomic mass is 10.1. The molecule has 0 saturated carbocycles. The van der Waals surface area contributed by atoms with Gasteiger partial charge in [-0.1, -0.05) is 24.3 Å². The lowest BCUT2D eigenvalue weighted by Gasteiger charge is -2.10. The molecule has 0 radical (unpaired) electrons. The molecule has 4 nitrogen and oxygen atoms in total. The summed E-state index contributed by atoms with van der Waals surface area (Å²) < 4.78 is 0. The van der Waals surface area contributed by atoms with Gasteiger partial charge in [0.15, 0.2) is 0 Å². The summed E-state index contributed by atoms with van der Waals surface area (Å²) in [6.07, 6.45) is 0.241. The Hall–Kier alpha value is -1.68. The van der Waals surface area contributed by atoms with E-state index in [0.29, 0.717) is 6.54 Å². The highest BCUT2D eigenvalue weighted by molar-refractivity contribution is 6.05. The fraction of sp³-hybridized carbons (Fsp3) is 0.333. The van der Waals surface area contributed by atoms with Gasteiger partial charge in [-0.2, -0.15) is 0 Å². The van der Waals surface area contributed by atoms with E-state index in [1.165, 1.54) is 5.56 Å². The number of imide groups is 1. The minimum Gasteiger partial charge on any atom is -0.301 e. The van der Waals surface area contributed by atoms with Crippen LogP contribution in [0.1, 0.15) is 17.5 Å². The van der Waals surface area contributed by atoms with Gasteiger partial charge in [-0.15, -0.1) is 0 Å². The number of hydrogen-bond donors (Lipinski definition) is 2. The summed E-state index contributed by atoms with van der Waals surface area (Å²) in [5, 5.41) is 5.36. The molecule has 0 spiro atoms. The zero-order valence-electron chi connectivity index (χ0n) is 9.12. The number of benzene rings is 1. The predicted molar refractivity (Wildman–Crippen MR) is 59.6 cm³/mol. The maximum absolute atomic E-state index is 11.3. The molecule has 1 fully saturated rings. The molecule has 1 atom stereocenters. The molecule has 0 aromatic heterocycles. The van der Waals surface area contributed by atoms with Crippen molar-refractivity contribution in [3.63, 3.8) is 0 Å². The van der Waals surface area contributed by atoms with Crippen LogP contribution < -0.4 is 10.6 Å². The van der Waals surface area contributed by atoms with Crippen LogP contribution in [0.4, 0.5) is 0 Å². The second kappa shape index (κ2) is 4.45. The second-order valence-electron chi connectivity index (χ2n) is 3.98. The Morgan fingerprint density at radius 3 is 2.75 bits per heavy atom. The van der Waals surface area contributed by atoms with E-state index in [1.54, 1.807) is 0 Å². The van der Waals surface area contributed by atoms with Crippen molar-refractivity contribution in [3.05, 3.63) is 35.4 Å². The van der Waals surface area contributed by atoms with Crippen LogP contribution in [0.3, 0.4) is 0 Å². The third-order valence-corrected chi connectivity index (χ3v) is 2.77. The molecule has 1 aromatic rings. The molecule has 0 bridgehead atoms. The molecular weight excluding hydrogens is 204 g/mol. The van der Waals surface area contributed by atoms with Crippen molar-refractivity contribution in [2.75, 3.05) is 0 Å². The topological polar surface area (TPSA) is 58.2 Å². The summed E-state index contributed by atoms with van der Waals surface area (Å²) in [6.45, 7) is 2.63. The van der Waals surface area contributed by atoms with Crippen LogP contribution in [0, 0.1) is 6.92 Å². The summed E-state index contributed by atoms with van der Waals surface area (Å²) in [5.41, 5.74) is 2.33. The first-order valence-electron chi connectivity index (χ1n) is 5.28. The molecule has 1 saturated heterocycles. The number of nitrogens with one attached hydrogen (secondary N) is 2. The van der Waals surface area contributed by atoms with Gasteiger partial charge in [0.05, 0.1) is 12.5 Å². The van der Waals surface area contributed by atoms with Gasteiger partial charge in [0.25, 0.3) is 0 Å². The smallest absolute Gasteiger partial charge is 0.244 e. The van der Waals surface area contributed by atoms with Gasteiger partial charge in [0.1, 0.15) is 0 Å². The number of aryl methyl sites for hydroxylation is 1. The third-order valence-electron chi connectivity index (χ3n) is 2.77. The Kier molecular flexibility index (Phi) is 3.01. The van der Waals surface area contributed by atoms with E-state index in [4.69, 9.17) is 0 Å². The van der Waals surface area contributed by atoms with E-state index in [-0.39, 0.29) is 24.3 Å². The summed E-state index contributed by atoms with van der Waals surface area (Å²) in [7, 11) is 0. The molecule has 1 unspecified atom stereocenters. The minimum absolute atomic E-state index is 0.202. The molecule has 4 heteroatoms. The van der Waals surface area contributed by atoms with Crippen LogP contribution in [-0.2, 0) is 16.1 Å². The number of rotatable bonds is 3. The van der Waals surface area contributed by atoms with Crippen molar-refractivity contribution in [2.45, 2.75) is 25.9 Å². The lowest BCUT2D eigenvalue weighted by Crippen LogP contribution is -2.35. The van der Waals surface area contributed by atoms with Gasteiger partial charge in [0, 0.05) is 6.54 Å². The van der Waals surface area contributed by atoms with Crippen molar-refractivity contribution in [2.24, 2.45) is 0 Å². The van der Waals surface area contributed by atoms with Crippen molar-refractivity contribution < 1.29 is 9.59 Å². The Bertz CT molecular complexity index is 429. The van der Waals surface area contributed by atoms with Gasteiger partial charge in [0.2, 0.25) is 11.8 Å². The zero-order chi connectivity index (χ0) is 11.5. The average molecular weight is 218 g/mol.